The van der Waals surface area contributed by atoms with E-state index in [1.54, 1.807) is 4.90 Å². The van der Waals surface area contributed by atoms with Gasteiger partial charge in [0.05, 0.1) is 0 Å². The molecule has 0 aliphatic carbocycles. The van der Waals surface area contributed by atoms with Gasteiger partial charge in [0.25, 0.3) is 5.91 Å². The van der Waals surface area contributed by atoms with E-state index in [-0.39, 0.29) is 24.3 Å². The lowest BCUT2D eigenvalue weighted by Crippen LogP contribution is -2.46. The van der Waals surface area contributed by atoms with Gasteiger partial charge in [0, 0.05) is 36.9 Å². The average Bonchev–Trinajstić information content (AvgIpc) is 2.78. The number of nitrogen functional groups attached to an aromatic ring is 1. The second-order valence-electron chi connectivity index (χ2n) is 7.70. The quantitative estimate of drug-likeness (QED) is 0.811. The van der Waals surface area contributed by atoms with Crippen LogP contribution in [0, 0.1) is 5.92 Å². The summed E-state index contributed by atoms with van der Waals surface area (Å²) in [5.74, 6) is 0.760. The molecule has 6 heteroatoms. The molecule has 2 aliphatic heterocycles. The summed E-state index contributed by atoms with van der Waals surface area (Å²) in [5, 5.41) is 0. The maximum atomic E-state index is 13.2. The highest BCUT2D eigenvalue weighted by Crippen LogP contribution is 2.33. The molecule has 2 N–H and O–H groups in total. The lowest BCUT2D eigenvalue weighted by atomic mass is 9.92. The number of hydrogen-bond donors (Lipinski definition) is 1. The SMILES string of the molecule is Nc1cccc2c1CCCN2C(=O)C1CCN(C(=O)COc2ccccc2)CC1. The topological polar surface area (TPSA) is 75.9 Å². The molecule has 0 atom stereocenters. The summed E-state index contributed by atoms with van der Waals surface area (Å²) in [6, 6.07) is 15.1. The summed E-state index contributed by atoms with van der Waals surface area (Å²) < 4.78 is 5.56. The van der Waals surface area contributed by atoms with Crippen LogP contribution in [0.5, 0.6) is 5.75 Å². The first-order chi connectivity index (χ1) is 14.1. The van der Waals surface area contributed by atoms with Crippen LogP contribution in [0.15, 0.2) is 48.5 Å². The zero-order valence-corrected chi connectivity index (χ0v) is 16.5. The van der Waals surface area contributed by atoms with Gasteiger partial charge in [0.15, 0.2) is 6.61 Å². The van der Waals surface area contributed by atoms with Crippen LogP contribution < -0.4 is 15.4 Å². The number of anilines is 2. The zero-order chi connectivity index (χ0) is 20.2. The number of para-hydroxylation sites is 1. The minimum Gasteiger partial charge on any atom is -0.484 e. The molecule has 0 unspecified atom stereocenters. The van der Waals surface area contributed by atoms with E-state index in [4.69, 9.17) is 10.5 Å². The van der Waals surface area contributed by atoms with Crippen LogP contribution in [0.2, 0.25) is 0 Å². The largest absolute Gasteiger partial charge is 0.484 e. The third-order valence-corrected chi connectivity index (χ3v) is 5.86. The van der Waals surface area contributed by atoms with Crippen LogP contribution >= 0.6 is 0 Å². The molecule has 6 nitrogen and oxygen atoms in total. The number of nitrogens with two attached hydrogens (primary N) is 1. The van der Waals surface area contributed by atoms with Gasteiger partial charge in [-0.25, -0.2) is 0 Å². The maximum absolute atomic E-state index is 13.2. The van der Waals surface area contributed by atoms with E-state index >= 15 is 0 Å². The first-order valence-electron chi connectivity index (χ1n) is 10.3. The van der Waals surface area contributed by atoms with Crippen molar-refractivity contribution in [1.29, 1.82) is 0 Å². The molecule has 0 bridgehead atoms. The number of likely N-dealkylation sites (tertiary alicyclic amines) is 1. The molecule has 4 rings (SSSR count). The summed E-state index contributed by atoms with van der Waals surface area (Å²) in [6.45, 7) is 1.94. The number of nitrogens with zero attached hydrogens (tertiary/aromatic N) is 2. The summed E-state index contributed by atoms with van der Waals surface area (Å²) in [4.78, 5) is 29.3. The Bertz CT molecular complexity index is 876. The predicted molar refractivity (Wildman–Crippen MR) is 113 cm³/mol. The second kappa shape index (κ2) is 8.55. The molecule has 1 fully saturated rings. The van der Waals surface area contributed by atoms with Gasteiger partial charge in [-0.05, 0) is 55.5 Å². The number of rotatable bonds is 4. The van der Waals surface area contributed by atoms with Crippen molar-refractivity contribution in [3.63, 3.8) is 0 Å². The normalized spacial score (nSPS) is 17.0. The summed E-state index contributed by atoms with van der Waals surface area (Å²) in [6.07, 6.45) is 3.22. The molecule has 2 aromatic rings. The third-order valence-electron chi connectivity index (χ3n) is 5.86. The molecule has 2 aliphatic rings. The molecule has 1 saturated heterocycles. The molecule has 0 saturated carbocycles. The van der Waals surface area contributed by atoms with Crippen molar-refractivity contribution >= 4 is 23.2 Å². The van der Waals surface area contributed by atoms with Crippen molar-refractivity contribution in [3.8, 4) is 5.75 Å². The van der Waals surface area contributed by atoms with E-state index in [1.165, 1.54) is 0 Å². The maximum Gasteiger partial charge on any atom is 0.260 e. The molecule has 29 heavy (non-hydrogen) atoms. The molecule has 0 aromatic heterocycles. The van der Waals surface area contributed by atoms with Gasteiger partial charge in [-0.3, -0.25) is 9.59 Å². The fourth-order valence-electron chi connectivity index (χ4n) is 4.23. The van der Waals surface area contributed by atoms with Gasteiger partial charge in [0.2, 0.25) is 5.91 Å². The standard InChI is InChI=1S/C23H27N3O3/c24-20-9-4-10-21-19(20)8-5-13-26(21)23(28)17-11-14-25(15-12-17)22(27)16-29-18-6-2-1-3-7-18/h1-4,6-7,9-10,17H,5,8,11-16,24H2. The lowest BCUT2D eigenvalue weighted by molar-refractivity contribution is -0.136. The van der Waals surface area contributed by atoms with Gasteiger partial charge in [-0.15, -0.1) is 0 Å². The average molecular weight is 393 g/mol. The minimum atomic E-state index is -0.0542. The summed E-state index contributed by atoms with van der Waals surface area (Å²) in [7, 11) is 0. The molecule has 2 amide bonds. The Morgan fingerprint density at radius 1 is 1.00 bits per heavy atom. The third kappa shape index (κ3) is 4.21. The molecular formula is C23H27N3O3. The van der Waals surface area contributed by atoms with E-state index in [0.717, 1.165) is 36.3 Å². The first kappa shape index (κ1) is 19.3. The molecule has 152 valence electrons. The Morgan fingerprint density at radius 3 is 2.52 bits per heavy atom. The molecule has 0 spiro atoms. The van der Waals surface area contributed by atoms with Crippen molar-refractivity contribution in [2.24, 2.45) is 5.92 Å². The number of carbonyl (C=O) groups is 2. The van der Waals surface area contributed by atoms with Crippen molar-refractivity contribution in [1.82, 2.24) is 4.90 Å². The smallest absolute Gasteiger partial charge is 0.260 e. The van der Waals surface area contributed by atoms with Crippen LogP contribution in [0.25, 0.3) is 0 Å². The Kier molecular flexibility index (Phi) is 5.69. The van der Waals surface area contributed by atoms with Crippen LogP contribution in [0.1, 0.15) is 24.8 Å². The number of fused-ring (bicyclic) bond motifs is 1. The predicted octanol–water partition coefficient (Wildman–Crippen LogP) is 2.87. The van der Waals surface area contributed by atoms with Gasteiger partial charge in [0.1, 0.15) is 5.75 Å². The highest BCUT2D eigenvalue weighted by Gasteiger charge is 2.33. The number of carbonyl (C=O) groups excluding carboxylic acids is 2. The Balaban J connectivity index is 1.32. The second-order valence-corrected chi connectivity index (χ2v) is 7.70. The number of amides is 2. The Labute approximate surface area is 171 Å². The van der Waals surface area contributed by atoms with Crippen LogP contribution in [0.3, 0.4) is 0 Å². The fourth-order valence-corrected chi connectivity index (χ4v) is 4.23. The van der Waals surface area contributed by atoms with E-state index in [2.05, 4.69) is 0 Å². The van der Waals surface area contributed by atoms with Gasteiger partial charge in [-0.1, -0.05) is 24.3 Å². The fraction of sp³-hybridized carbons (Fsp3) is 0.391. The monoisotopic (exact) mass is 393 g/mol. The molecule has 2 aromatic carbocycles. The van der Waals surface area contributed by atoms with Crippen molar-refractivity contribution in [3.05, 3.63) is 54.1 Å². The van der Waals surface area contributed by atoms with Crippen LogP contribution in [-0.4, -0.2) is 43.0 Å². The van der Waals surface area contributed by atoms with Crippen molar-refractivity contribution in [2.45, 2.75) is 25.7 Å². The first-order valence-corrected chi connectivity index (χ1v) is 10.3. The van der Waals surface area contributed by atoms with Crippen LogP contribution in [0.4, 0.5) is 11.4 Å². The van der Waals surface area contributed by atoms with E-state index < -0.39 is 0 Å². The molecule has 2 heterocycles. The summed E-state index contributed by atoms with van der Waals surface area (Å²) >= 11 is 0. The van der Waals surface area contributed by atoms with E-state index in [1.807, 2.05) is 53.4 Å². The van der Waals surface area contributed by atoms with Crippen LogP contribution in [-0.2, 0) is 16.0 Å². The van der Waals surface area contributed by atoms with E-state index in [9.17, 15) is 9.59 Å². The minimum absolute atomic E-state index is 0.0292. The number of piperidine rings is 1. The Morgan fingerprint density at radius 2 is 1.76 bits per heavy atom. The molecular weight excluding hydrogens is 366 g/mol. The highest BCUT2D eigenvalue weighted by atomic mass is 16.5. The van der Waals surface area contributed by atoms with Gasteiger partial charge >= 0.3 is 0 Å². The zero-order valence-electron chi connectivity index (χ0n) is 16.5. The van der Waals surface area contributed by atoms with Gasteiger partial charge in [-0.2, -0.15) is 0 Å². The highest BCUT2D eigenvalue weighted by molar-refractivity contribution is 5.97. The van der Waals surface area contributed by atoms with Crippen molar-refractivity contribution in [2.75, 3.05) is 36.9 Å². The number of hydrogen-bond acceptors (Lipinski definition) is 4. The van der Waals surface area contributed by atoms with E-state index in [0.29, 0.717) is 31.7 Å². The molecule has 0 radical (unpaired) electrons. The summed E-state index contributed by atoms with van der Waals surface area (Å²) in [5.41, 5.74) is 8.91. The number of benzene rings is 2. The van der Waals surface area contributed by atoms with Crippen molar-refractivity contribution < 1.29 is 14.3 Å². The van der Waals surface area contributed by atoms with Gasteiger partial charge < -0.3 is 20.3 Å². The number of ether oxygens (including phenoxy) is 1. The Hall–Kier alpha value is -3.02. The lowest BCUT2D eigenvalue weighted by Gasteiger charge is -2.36.